The quantitative estimate of drug-likeness (QED) is 0.907. The van der Waals surface area contributed by atoms with Crippen molar-refractivity contribution in [3.63, 3.8) is 0 Å². The summed E-state index contributed by atoms with van der Waals surface area (Å²) < 4.78 is 5.18. The van der Waals surface area contributed by atoms with Gasteiger partial charge >= 0.3 is 0 Å². The van der Waals surface area contributed by atoms with Gasteiger partial charge in [-0.15, -0.1) is 0 Å². The number of anilines is 3. The number of nitrogens with zero attached hydrogens (tertiary/aromatic N) is 3. The highest BCUT2D eigenvalue weighted by atomic mass is 16.5. The maximum atomic E-state index is 5.77. The van der Waals surface area contributed by atoms with Crippen LogP contribution in [-0.4, -0.2) is 23.6 Å². The van der Waals surface area contributed by atoms with E-state index in [0.29, 0.717) is 11.8 Å². The number of aromatic nitrogens is 2. The Labute approximate surface area is 118 Å². The van der Waals surface area contributed by atoms with Crippen molar-refractivity contribution in [1.82, 2.24) is 9.97 Å². The molecule has 1 aromatic carbocycles. The molecule has 0 fully saturated rings. The zero-order valence-electron chi connectivity index (χ0n) is 11.7. The van der Waals surface area contributed by atoms with Gasteiger partial charge in [-0.3, -0.25) is 0 Å². The third kappa shape index (κ3) is 2.27. The Morgan fingerprint density at radius 1 is 1.30 bits per heavy atom. The number of benzene rings is 1. The first-order valence-corrected chi connectivity index (χ1v) is 6.71. The van der Waals surface area contributed by atoms with Crippen LogP contribution in [0.1, 0.15) is 12.5 Å². The number of ether oxygens (including phenoxy) is 1. The lowest BCUT2D eigenvalue weighted by Crippen LogP contribution is -2.31. The molecule has 3 rings (SSSR count). The van der Waals surface area contributed by atoms with Gasteiger partial charge in [0.15, 0.2) is 0 Å². The van der Waals surface area contributed by atoms with Gasteiger partial charge in [0.1, 0.15) is 5.82 Å². The zero-order valence-corrected chi connectivity index (χ0v) is 11.7. The van der Waals surface area contributed by atoms with E-state index in [1.54, 1.807) is 7.11 Å². The van der Waals surface area contributed by atoms with Gasteiger partial charge in [0.25, 0.3) is 0 Å². The van der Waals surface area contributed by atoms with E-state index in [2.05, 4.69) is 40.0 Å². The molecule has 2 heterocycles. The normalized spacial score (nSPS) is 17.7. The fourth-order valence-electron chi connectivity index (χ4n) is 2.69. The van der Waals surface area contributed by atoms with Crippen LogP contribution in [0, 0.1) is 5.92 Å². The molecule has 20 heavy (non-hydrogen) atoms. The predicted octanol–water partition coefficient (Wildman–Crippen LogP) is 2.40. The van der Waals surface area contributed by atoms with Gasteiger partial charge in [0.05, 0.1) is 7.11 Å². The van der Waals surface area contributed by atoms with Gasteiger partial charge in [-0.1, -0.05) is 25.1 Å². The predicted molar refractivity (Wildman–Crippen MR) is 79.3 cm³/mol. The maximum Gasteiger partial charge on any atom is 0.225 e. The number of hydrogen-bond donors (Lipinski definition) is 1. The monoisotopic (exact) mass is 270 g/mol. The number of fused-ring (bicyclic) bond motifs is 1. The molecule has 0 spiro atoms. The van der Waals surface area contributed by atoms with Gasteiger partial charge < -0.3 is 15.4 Å². The fourth-order valence-corrected chi connectivity index (χ4v) is 2.69. The Morgan fingerprint density at radius 3 is 2.90 bits per heavy atom. The van der Waals surface area contributed by atoms with E-state index >= 15 is 0 Å². The number of methoxy groups -OCH3 is 1. The fraction of sp³-hybridized carbons (Fsp3) is 0.333. The van der Waals surface area contributed by atoms with Crippen molar-refractivity contribution in [2.24, 2.45) is 5.92 Å². The molecule has 1 unspecified atom stereocenters. The molecule has 1 aliphatic heterocycles. The molecule has 1 atom stereocenters. The van der Waals surface area contributed by atoms with Gasteiger partial charge in [-0.05, 0) is 24.0 Å². The average Bonchev–Trinajstić information content (AvgIpc) is 2.45. The van der Waals surface area contributed by atoms with Crippen molar-refractivity contribution < 1.29 is 4.74 Å². The highest BCUT2D eigenvalue weighted by Gasteiger charge is 2.24. The molecular formula is C15H18N4O. The van der Waals surface area contributed by atoms with Crippen LogP contribution >= 0.6 is 0 Å². The second kappa shape index (κ2) is 5.00. The molecule has 1 aromatic heterocycles. The molecule has 2 aromatic rings. The van der Waals surface area contributed by atoms with Crippen LogP contribution in [0.5, 0.6) is 5.88 Å². The zero-order chi connectivity index (χ0) is 14.1. The minimum atomic E-state index is 0.232. The van der Waals surface area contributed by atoms with E-state index in [1.165, 1.54) is 11.3 Å². The second-order valence-electron chi connectivity index (χ2n) is 5.18. The molecule has 0 radical (unpaired) electrons. The third-order valence-electron chi connectivity index (χ3n) is 3.54. The van der Waals surface area contributed by atoms with Gasteiger partial charge in [-0.25, -0.2) is 0 Å². The molecule has 0 saturated heterocycles. The topological polar surface area (TPSA) is 64.3 Å². The molecular weight excluding hydrogens is 252 g/mol. The molecule has 0 saturated carbocycles. The number of hydrogen-bond acceptors (Lipinski definition) is 5. The summed E-state index contributed by atoms with van der Waals surface area (Å²) in [6, 6.07) is 10.2. The van der Waals surface area contributed by atoms with Crippen molar-refractivity contribution in [1.29, 1.82) is 0 Å². The second-order valence-corrected chi connectivity index (χ2v) is 5.18. The average molecular weight is 270 g/mol. The minimum Gasteiger partial charge on any atom is -0.481 e. The van der Waals surface area contributed by atoms with E-state index in [9.17, 15) is 0 Å². The summed E-state index contributed by atoms with van der Waals surface area (Å²) in [4.78, 5) is 10.6. The number of nitrogens with two attached hydrogens (primary N) is 1. The largest absolute Gasteiger partial charge is 0.481 e. The third-order valence-corrected chi connectivity index (χ3v) is 3.54. The van der Waals surface area contributed by atoms with Crippen molar-refractivity contribution in [3.05, 3.63) is 35.9 Å². The van der Waals surface area contributed by atoms with E-state index < -0.39 is 0 Å². The summed E-state index contributed by atoms with van der Waals surface area (Å²) in [6.45, 7) is 3.15. The van der Waals surface area contributed by atoms with E-state index in [-0.39, 0.29) is 5.95 Å². The number of nitrogen functional groups attached to an aromatic ring is 1. The lowest BCUT2D eigenvalue weighted by Gasteiger charge is -2.34. The SMILES string of the molecule is COc1cc(N2CC(C)Cc3ccccc32)nc(N)n1. The molecule has 0 bridgehead atoms. The van der Waals surface area contributed by atoms with Crippen molar-refractivity contribution in [2.45, 2.75) is 13.3 Å². The Morgan fingerprint density at radius 2 is 2.10 bits per heavy atom. The van der Waals surface area contributed by atoms with Crippen LogP contribution in [0.4, 0.5) is 17.5 Å². The lowest BCUT2D eigenvalue weighted by molar-refractivity contribution is 0.397. The van der Waals surface area contributed by atoms with Crippen molar-refractivity contribution >= 4 is 17.5 Å². The first-order valence-electron chi connectivity index (χ1n) is 6.71. The summed E-state index contributed by atoms with van der Waals surface area (Å²) in [5, 5.41) is 0. The molecule has 104 valence electrons. The van der Waals surface area contributed by atoms with Crippen LogP contribution in [-0.2, 0) is 6.42 Å². The number of rotatable bonds is 2. The highest BCUT2D eigenvalue weighted by molar-refractivity contribution is 5.66. The van der Waals surface area contributed by atoms with E-state index in [4.69, 9.17) is 10.5 Å². The highest BCUT2D eigenvalue weighted by Crippen LogP contribution is 2.35. The standard InChI is InChI=1S/C15H18N4O/c1-10-7-11-5-3-4-6-12(11)19(9-10)13-8-14(20-2)18-15(16)17-13/h3-6,8,10H,7,9H2,1-2H3,(H2,16,17,18). The first-order chi connectivity index (χ1) is 9.67. The first kappa shape index (κ1) is 12.7. The summed E-state index contributed by atoms with van der Waals surface area (Å²) in [5.74, 6) is 2.07. The molecule has 2 N–H and O–H groups in total. The van der Waals surface area contributed by atoms with Gasteiger partial charge in [0, 0.05) is 18.3 Å². The van der Waals surface area contributed by atoms with E-state index in [1.807, 2.05) is 12.1 Å². The number of para-hydroxylation sites is 1. The minimum absolute atomic E-state index is 0.232. The Kier molecular flexibility index (Phi) is 3.18. The lowest BCUT2D eigenvalue weighted by atomic mass is 9.94. The molecule has 5 nitrogen and oxygen atoms in total. The summed E-state index contributed by atoms with van der Waals surface area (Å²) in [7, 11) is 1.58. The van der Waals surface area contributed by atoms with Crippen molar-refractivity contribution in [2.75, 3.05) is 24.3 Å². The van der Waals surface area contributed by atoms with Gasteiger partial charge in [-0.2, -0.15) is 9.97 Å². The Hall–Kier alpha value is -2.30. The summed E-state index contributed by atoms with van der Waals surface area (Å²) in [5.41, 5.74) is 8.29. The van der Waals surface area contributed by atoms with Gasteiger partial charge in [0.2, 0.25) is 11.8 Å². The van der Waals surface area contributed by atoms with Crippen LogP contribution in [0.3, 0.4) is 0 Å². The summed E-state index contributed by atoms with van der Waals surface area (Å²) in [6.07, 6.45) is 1.09. The Bertz CT molecular complexity index is 629. The molecule has 5 heteroatoms. The van der Waals surface area contributed by atoms with Crippen LogP contribution in [0.15, 0.2) is 30.3 Å². The van der Waals surface area contributed by atoms with Crippen LogP contribution < -0.4 is 15.4 Å². The smallest absolute Gasteiger partial charge is 0.225 e. The Balaban J connectivity index is 2.08. The maximum absolute atomic E-state index is 5.77. The molecule has 1 aliphatic rings. The van der Waals surface area contributed by atoms with E-state index in [0.717, 1.165) is 18.8 Å². The van der Waals surface area contributed by atoms with Crippen molar-refractivity contribution in [3.8, 4) is 5.88 Å². The summed E-state index contributed by atoms with van der Waals surface area (Å²) >= 11 is 0. The molecule has 0 amide bonds. The van der Waals surface area contributed by atoms with Crippen LogP contribution in [0.2, 0.25) is 0 Å². The van der Waals surface area contributed by atoms with Crippen LogP contribution in [0.25, 0.3) is 0 Å². The molecule has 0 aliphatic carbocycles.